The SMILES string of the molecule is CC(C)n1c(C=C[C@H](O)C[C@H](O)CC(=O)O)c(-c2ccc(F)cc2)c2ccccc21.[H-].[H-].[Sr+2]. The fourth-order valence-electron chi connectivity index (χ4n) is 3.77. The molecule has 2 aromatic carbocycles. The average molecular weight is 501 g/mol. The molecule has 5 nitrogen and oxygen atoms in total. The quantitative estimate of drug-likeness (QED) is 0.398. The van der Waals surface area contributed by atoms with Crippen LogP contribution in [0.2, 0.25) is 0 Å². The third kappa shape index (κ3) is 6.28. The summed E-state index contributed by atoms with van der Waals surface area (Å²) in [5.41, 5.74) is 3.65. The molecule has 0 fully saturated rings. The minimum Gasteiger partial charge on any atom is -1.00 e. The largest absolute Gasteiger partial charge is 2.00 e. The van der Waals surface area contributed by atoms with Crippen LogP contribution in [0.25, 0.3) is 28.1 Å². The van der Waals surface area contributed by atoms with E-state index in [9.17, 15) is 19.4 Å². The van der Waals surface area contributed by atoms with Gasteiger partial charge in [0.2, 0.25) is 0 Å². The van der Waals surface area contributed by atoms with Crippen LogP contribution in [-0.4, -0.2) is 83.5 Å². The standard InChI is InChI=1S/C24H26FNO4.Sr.2H/c1-15(2)26-21-6-4-3-5-20(21)24(16-7-9-17(25)10-8-16)22(26)12-11-18(27)13-19(28)14-23(29)30;;;/h3-12,15,18-19,27-28H,13-14H2,1-2H3,(H,29,30);;;/q;+2;2*-1/t18-,19-;;;/m0.../s1. The second kappa shape index (κ2) is 11.4. The summed E-state index contributed by atoms with van der Waals surface area (Å²) < 4.78 is 15.6. The van der Waals surface area contributed by atoms with Gasteiger partial charge in [0.15, 0.2) is 0 Å². The summed E-state index contributed by atoms with van der Waals surface area (Å²) in [4.78, 5) is 10.7. The number of aliphatic hydroxyl groups is 2. The molecule has 1 aromatic heterocycles. The molecular formula is C24H28FNO4Sr. The van der Waals surface area contributed by atoms with Crippen molar-refractivity contribution in [3.05, 3.63) is 66.1 Å². The molecule has 0 aliphatic rings. The van der Waals surface area contributed by atoms with E-state index in [4.69, 9.17) is 5.11 Å². The molecule has 0 bridgehead atoms. The zero-order chi connectivity index (χ0) is 21.8. The van der Waals surface area contributed by atoms with E-state index in [1.54, 1.807) is 24.3 Å². The molecule has 0 unspecified atom stereocenters. The summed E-state index contributed by atoms with van der Waals surface area (Å²) in [6, 6.07) is 14.4. The molecule has 0 radical (unpaired) electrons. The molecule has 0 saturated carbocycles. The van der Waals surface area contributed by atoms with Crippen LogP contribution in [0.5, 0.6) is 0 Å². The summed E-state index contributed by atoms with van der Waals surface area (Å²) in [6.07, 6.45) is 0.727. The number of carbonyl (C=O) groups is 1. The van der Waals surface area contributed by atoms with Crippen LogP contribution >= 0.6 is 0 Å². The number of hydrogen-bond acceptors (Lipinski definition) is 3. The van der Waals surface area contributed by atoms with Gasteiger partial charge in [0.05, 0.1) is 18.6 Å². The number of aliphatic hydroxyl groups excluding tert-OH is 2. The van der Waals surface area contributed by atoms with Gasteiger partial charge in [-0.05, 0) is 43.7 Å². The molecule has 7 heteroatoms. The van der Waals surface area contributed by atoms with Crippen molar-refractivity contribution in [2.24, 2.45) is 0 Å². The number of aliphatic carboxylic acids is 1. The van der Waals surface area contributed by atoms with E-state index in [2.05, 4.69) is 18.4 Å². The topological polar surface area (TPSA) is 82.7 Å². The van der Waals surface area contributed by atoms with Crippen LogP contribution in [-0.2, 0) is 4.79 Å². The van der Waals surface area contributed by atoms with Gasteiger partial charge in [0.25, 0.3) is 0 Å². The van der Waals surface area contributed by atoms with Gasteiger partial charge in [-0.3, -0.25) is 4.79 Å². The second-order valence-electron chi connectivity index (χ2n) is 7.66. The number of para-hydroxylation sites is 1. The van der Waals surface area contributed by atoms with Crippen molar-refractivity contribution >= 4 is 68.4 Å². The Morgan fingerprint density at radius 3 is 2.39 bits per heavy atom. The summed E-state index contributed by atoms with van der Waals surface area (Å²) in [6.45, 7) is 4.12. The Hall–Kier alpha value is -1.48. The van der Waals surface area contributed by atoms with E-state index in [-0.39, 0.29) is 66.6 Å². The van der Waals surface area contributed by atoms with Crippen molar-refractivity contribution in [1.82, 2.24) is 4.57 Å². The molecule has 0 spiro atoms. The van der Waals surface area contributed by atoms with Crippen molar-refractivity contribution in [3.63, 3.8) is 0 Å². The van der Waals surface area contributed by atoms with Crippen LogP contribution in [0.3, 0.4) is 0 Å². The first kappa shape index (κ1) is 25.8. The fourth-order valence-corrected chi connectivity index (χ4v) is 3.77. The molecule has 162 valence electrons. The van der Waals surface area contributed by atoms with E-state index in [0.29, 0.717) is 0 Å². The van der Waals surface area contributed by atoms with Gasteiger partial charge in [0, 0.05) is 34.6 Å². The molecule has 1 heterocycles. The Balaban J connectivity index is 0.00000341. The summed E-state index contributed by atoms with van der Waals surface area (Å²) in [5, 5.41) is 29.9. The Bertz CT molecular complexity index is 1070. The first-order valence-electron chi connectivity index (χ1n) is 9.93. The number of halogens is 1. The monoisotopic (exact) mass is 501 g/mol. The fraction of sp³-hybridized carbons (Fsp3) is 0.292. The van der Waals surface area contributed by atoms with Gasteiger partial charge >= 0.3 is 51.5 Å². The van der Waals surface area contributed by atoms with E-state index < -0.39 is 24.6 Å². The molecule has 2 atom stereocenters. The van der Waals surface area contributed by atoms with E-state index in [0.717, 1.165) is 27.7 Å². The zero-order valence-electron chi connectivity index (χ0n) is 19.7. The molecule has 31 heavy (non-hydrogen) atoms. The first-order valence-corrected chi connectivity index (χ1v) is 9.93. The number of hydrogen-bond donors (Lipinski definition) is 3. The minimum absolute atomic E-state index is 0. The van der Waals surface area contributed by atoms with Gasteiger partial charge in [-0.2, -0.15) is 0 Å². The number of nitrogens with zero attached hydrogens (tertiary/aromatic N) is 1. The van der Waals surface area contributed by atoms with Crippen LogP contribution in [0.15, 0.2) is 54.6 Å². The van der Waals surface area contributed by atoms with Crippen molar-refractivity contribution in [2.75, 3.05) is 0 Å². The first-order chi connectivity index (χ1) is 14.3. The molecule has 0 amide bonds. The number of carboxylic acid groups (broad SMARTS) is 1. The minimum atomic E-state index is -1.13. The maximum absolute atomic E-state index is 13.5. The molecule has 3 N–H and O–H groups in total. The molecule has 3 rings (SSSR count). The summed E-state index contributed by atoms with van der Waals surface area (Å²) in [5.74, 6) is -1.43. The Labute approximate surface area is 221 Å². The zero-order valence-corrected chi connectivity index (χ0v) is 21.2. The maximum atomic E-state index is 13.5. The number of benzene rings is 2. The molecule has 0 saturated heterocycles. The van der Waals surface area contributed by atoms with Gasteiger partial charge in [-0.15, -0.1) is 0 Å². The van der Waals surface area contributed by atoms with Gasteiger partial charge in [0.1, 0.15) is 5.82 Å². The Morgan fingerprint density at radius 2 is 1.77 bits per heavy atom. The van der Waals surface area contributed by atoms with Gasteiger partial charge in [-0.25, -0.2) is 4.39 Å². The van der Waals surface area contributed by atoms with Crippen LogP contribution in [0, 0.1) is 5.82 Å². The number of rotatable bonds is 8. The predicted octanol–water partition coefficient (Wildman–Crippen LogP) is 4.47. The Kier molecular flexibility index (Phi) is 9.48. The number of aromatic nitrogens is 1. The predicted molar refractivity (Wildman–Crippen MR) is 124 cm³/mol. The maximum Gasteiger partial charge on any atom is 2.00 e. The van der Waals surface area contributed by atoms with Crippen LogP contribution in [0.4, 0.5) is 4.39 Å². The number of fused-ring (bicyclic) bond motifs is 1. The van der Waals surface area contributed by atoms with Crippen molar-refractivity contribution in [3.8, 4) is 11.1 Å². The summed E-state index contributed by atoms with van der Waals surface area (Å²) >= 11 is 0. The summed E-state index contributed by atoms with van der Waals surface area (Å²) in [7, 11) is 0. The van der Waals surface area contributed by atoms with Crippen molar-refractivity contribution < 1.29 is 27.4 Å². The third-order valence-electron chi connectivity index (χ3n) is 5.00. The van der Waals surface area contributed by atoms with Crippen molar-refractivity contribution in [1.29, 1.82) is 0 Å². The normalized spacial score (nSPS) is 13.5. The van der Waals surface area contributed by atoms with Crippen LogP contribution in [0.1, 0.15) is 41.3 Å². The molecular weight excluding hydrogens is 473 g/mol. The van der Waals surface area contributed by atoms with Crippen molar-refractivity contribution in [2.45, 2.75) is 44.9 Å². The van der Waals surface area contributed by atoms with Crippen LogP contribution < -0.4 is 0 Å². The Morgan fingerprint density at radius 1 is 1.13 bits per heavy atom. The number of carboxylic acids is 1. The second-order valence-corrected chi connectivity index (χ2v) is 7.66. The van der Waals surface area contributed by atoms with E-state index in [1.807, 2.05) is 24.3 Å². The molecule has 0 aliphatic heterocycles. The van der Waals surface area contributed by atoms with Gasteiger partial charge < -0.3 is 22.7 Å². The van der Waals surface area contributed by atoms with E-state index in [1.165, 1.54) is 12.1 Å². The smallest absolute Gasteiger partial charge is 1.00 e. The van der Waals surface area contributed by atoms with Gasteiger partial charge in [-0.1, -0.05) is 36.4 Å². The third-order valence-corrected chi connectivity index (χ3v) is 5.00. The molecule has 3 aromatic rings. The molecule has 0 aliphatic carbocycles. The van der Waals surface area contributed by atoms with E-state index >= 15 is 0 Å². The average Bonchev–Trinajstić information content (AvgIpc) is 3.00.